The minimum Gasteiger partial charge on any atom is -0.467 e. The summed E-state index contributed by atoms with van der Waals surface area (Å²) < 4.78 is 5.20. The van der Waals surface area contributed by atoms with Crippen molar-refractivity contribution in [3.05, 3.63) is 24.2 Å². The van der Waals surface area contributed by atoms with Crippen molar-refractivity contribution in [2.75, 3.05) is 0 Å². The van der Waals surface area contributed by atoms with Gasteiger partial charge in [0.25, 0.3) is 0 Å². The van der Waals surface area contributed by atoms with Crippen LogP contribution in [0, 0.1) is 11.8 Å². The van der Waals surface area contributed by atoms with E-state index in [1.165, 1.54) is 6.42 Å². The maximum absolute atomic E-state index is 12.3. The summed E-state index contributed by atoms with van der Waals surface area (Å²) in [6, 6.07) is 3.10. The van der Waals surface area contributed by atoms with Gasteiger partial charge in [0, 0.05) is 5.92 Å². The second-order valence-electron chi connectivity index (χ2n) is 6.36. The molecule has 1 saturated carbocycles. The summed E-state index contributed by atoms with van der Waals surface area (Å²) in [6.07, 6.45) is 6.87. The lowest BCUT2D eigenvalue weighted by Crippen LogP contribution is -2.51. The topological polar surface area (TPSA) is 71.3 Å². The molecule has 1 heterocycles. The van der Waals surface area contributed by atoms with Gasteiger partial charge in [0.15, 0.2) is 0 Å². The van der Waals surface area contributed by atoms with Crippen LogP contribution in [0.15, 0.2) is 22.8 Å². The first-order valence-corrected chi connectivity index (χ1v) is 8.18. The molecule has 2 rings (SSSR count). The van der Waals surface area contributed by atoms with Gasteiger partial charge in [-0.15, -0.1) is 0 Å². The Morgan fingerprint density at radius 2 is 2.00 bits per heavy atom. The lowest BCUT2D eigenvalue weighted by molar-refractivity contribution is -0.132. The molecule has 22 heavy (non-hydrogen) atoms. The number of amides is 2. The summed E-state index contributed by atoms with van der Waals surface area (Å²) in [4.78, 5) is 24.7. The van der Waals surface area contributed by atoms with Gasteiger partial charge in [0.1, 0.15) is 11.8 Å². The van der Waals surface area contributed by atoms with Crippen molar-refractivity contribution in [2.24, 2.45) is 11.8 Å². The van der Waals surface area contributed by atoms with Crippen molar-refractivity contribution in [3.63, 3.8) is 0 Å². The summed E-state index contributed by atoms with van der Waals surface area (Å²) in [5, 5.41) is 5.76. The zero-order valence-corrected chi connectivity index (χ0v) is 13.4. The standard InChI is InChI=1S/C17H26N2O3/c1-12(2)15(17(21)18-11-14-9-6-10-22-14)19-16(20)13-7-4-3-5-8-13/h6,9-10,12-13,15H,3-5,7-8,11H2,1-2H3,(H,18,21)(H,19,20)/t15-/m1/s1. The second kappa shape index (κ2) is 8.01. The number of hydrogen-bond donors (Lipinski definition) is 2. The number of carbonyl (C=O) groups excluding carboxylic acids is 2. The van der Waals surface area contributed by atoms with E-state index in [-0.39, 0.29) is 23.7 Å². The Morgan fingerprint density at radius 3 is 2.59 bits per heavy atom. The van der Waals surface area contributed by atoms with Crippen LogP contribution in [0.1, 0.15) is 51.7 Å². The molecule has 1 aromatic rings. The molecule has 0 spiro atoms. The first-order valence-electron chi connectivity index (χ1n) is 8.18. The third kappa shape index (κ3) is 4.61. The predicted molar refractivity (Wildman–Crippen MR) is 83.9 cm³/mol. The summed E-state index contributed by atoms with van der Waals surface area (Å²) in [5.74, 6) is 0.675. The molecule has 2 N–H and O–H groups in total. The molecule has 1 atom stereocenters. The number of furan rings is 1. The third-order valence-electron chi connectivity index (χ3n) is 4.24. The lowest BCUT2D eigenvalue weighted by Gasteiger charge is -2.26. The average Bonchev–Trinajstić information content (AvgIpc) is 3.04. The molecule has 5 nitrogen and oxygen atoms in total. The van der Waals surface area contributed by atoms with Crippen LogP contribution in [0.2, 0.25) is 0 Å². The first-order chi connectivity index (χ1) is 10.6. The monoisotopic (exact) mass is 306 g/mol. The molecule has 0 saturated heterocycles. The van der Waals surface area contributed by atoms with E-state index >= 15 is 0 Å². The quantitative estimate of drug-likeness (QED) is 0.848. The summed E-state index contributed by atoms with van der Waals surface area (Å²) in [6.45, 7) is 4.23. The van der Waals surface area contributed by atoms with Gasteiger partial charge in [-0.05, 0) is 30.9 Å². The molecule has 0 aliphatic heterocycles. The molecule has 1 aliphatic carbocycles. The van der Waals surface area contributed by atoms with Gasteiger partial charge >= 0.3 is 0 Å². The van der Waals surface area contributed by atoms with E-state index < -0.39 is 6.04 Å². The molecule has 2 amide bonds. The SMILES string of the molecule is CC(C)[C@@H](NC(=O)C1CCCCC1)C(=O)NCc1ccco1. The highest BCUT2D eigenvalue weighted by atomic mass is 16.3. The van der Waals surface area contributed by atoms with Crippen LogP contribution >= 0.6 is 0 Å². The fraction of sp³-hybridized carbons (Fsp3) is 0.647. The number of hydrogen-bond acceptors (Lipinski definition) is 3. The molecule has 122 valence electrons. The maximum Gasteiger partial charge on any atom is 0.243 e. The molecule has 0 unspecified atom stereocenters. The molecule has 5 heteroatoms. The molecule has 0 aromatic carbocycles. The van der Waals surface area contributed by atoms with E-state index in [1.54, 1.807) is 12.3 Å². The second-order valence-corrected chi connectivity index (χ2v) is 6.36. The Balaban J connectivity index is 1.87. The van der Waals surface area contributed by atoms with E-state index in [9.17, 15) is 9.59 Å². The van der Waals surface area contributed by atoms with E-state index in [1.807, 2.05) is 19.9 Å². The van der Waals surface area contributed by atoms with Crippen molar-refractivity contribution in [2.45, 2.75) is 58.5 Å². The minimum absolute atomic E-state index is 0.0200. The molecule has 1 aromatic heterocycles. The lowest BCUT2D eigenvalue weighted by atomic mass is 9.88. The van der Waals surface area contributed by atoms with Crippen LogP contribution in [0.4, 0.5) is 0 Å². The number of carbonyl (C=O) groups is 2. The summed E-state index contributed by atoms with van der Waals surface area (Å²) in [5.41, 5.74) is 0. The van der Waals surface area contributed by atoms with Crippen LogP contribution in [-0.4, -0.2) is 17.9 Å². The van der Waals surface area contributed by atoms with Crippen LogP contribution in [-0.2, 0) is 16.1 Å². The Hall–Kier alpha value is -1.78. The van der Waals surface area contributed by atoms with Crippen molar-refractivity contribution < 1.29 is 14.0 Å². The summed E-state index contributed by atoms with van der Waals surface area (Å²) in [7, 11) is 0. The van der Waals surface area contributed by atoms with Crippen molar-refractivity contribution >= 4 is 11.8 Å². The zero-order chi connectivity index (χ0) is 15.9. The van der Waals surface area contributed by atoms with Crippen molar-refractivity contribution in [1.82, 2.24) is 10.6 Å². The Morgan fingerprint density at radius 1 is 1.27 bits per heavy atom. The number of rotatable bonds is 6. The van der Waals surface area contributed by atoms with E-state index in [4.69, 9.17) is 4.42 Å². The normalized spacial score (nSPS) is 17.2. The fourth-order valence-electron chi connectivity index (χ4n) is 2.87. The number of nitrogens with one attached hydrogen (secondary N) is 2. The zero-order valence-electron chi connectivity index (χ0n) is 13.4. The highest BCUT2D eigenvalue weighted by Crippen LogP contribution is 2.24. The van der Waals surface area contributed by atoms with Crippen LogP contribution in [0.5, 0.6) is 0 Å². The van der Waals surface area contributed by atoms with Gasteiger partial charge in [0.05, 0.1) is 12.8 Å². The van der Waals surface area contributed by atoms with Gasteiger partial charge in [-0.2, -0.15) is 0 Å². The predicted octanol–water partition coefficient (Wildman–Crippen LogP) is 2.62. The maximum atomic E-state index is 12.3. The van der Waals surface area contributed by atoms with Gasteiger partial charge in [-0.25, -0.2) is 0 Å². The molecule has 1 aliphatic rings. The fourth-order valence-corrected chi connectivity index (χ4v) is 2.87. The van der Waals surface area contributed by atoms with Crippen LogP contribution in [0.3, 0.4) is 0 Å². The van der Waals surface area contributed by atoms with Crippen molar-refractivity contribution in [3.8, 4) is 0 Å². The van der Waals surface area contributed by atoms with Crippen LogP contribution < -0.4 is 10.6 Å². The molecule has 0 radical (unpaired) electrons. The van der Waals surface area contributed by atoms with Gasteiger partial charge in [-0.3, -0.25) is 9.59 Å². The molecule has 1 fully saturated rings. The van der Waals surface area contributed by atoms with Crippen molar-refractivity contribution in [1.29, 1.82) is 0 Å². The average molecular weight is 306 g/mol. The van der Waals surface area contributed by atoms with E-state index in [0.717, 1.165) is 25.7 Å². The largest absolute Gasteiger partial charge is 0.467 e. The third-order valence-corrected chi connectivity index (χ3v) is 4.24. The Bertz CT molecular complexity index is 476. The Labute approximate surface area is 131 Å². The first kappa shape index (κ1) is 16.6. The minimum atomic E-state index is -0.496. The Kier molecular flexibility index (Phi) is 6.04. The molecular formula is C17H26N2O3. The van der Waals surface area contributed by atoms with Gasteiger partial charge < -0.3 is 15.1 Å². The van der Waals surface area contributed by atoms with Gasteiger partial charge in [0.2, 0.25) is 11.8 Å². The summed E-state index contributed by atoms with van der Waals surface area (Å²) >= 11 is 0. The molecule has 0 bridgehead atoms. The highest BCUT2D eigenvalue weighted by Gasteiger charge is 2.28. The highest BCUT2D eigenvalue weighted by molar-refractivity contribution is 5.88. The van der Waals surface area contributed by atoms with E-state index in [0.29, 0.717) is 12.3 Å². The van der Waals surface area contributed by atoms with Crippen LogP contribution in [0.25, 0.3) is 0 Å². The van der Waals surface area contributed by atoms with E-state index in [2.05, 4.69) is 10.6 Å². The van der Waals surface area contributed by atoms with Gasteiger partial charge in [-0.1, -0.05) is 33.1 Å². The molecular weight excluding hydrogens is 280 g/mol. The smallest absolute Gasteiger partial charge is 0.243 e.